The molecule has 3 aliphatic rings. The first-order valence-electron chi connectivity index (χ1n) is 6.10. The number of ketones is 1. The molecule has 3 fully saturated rings. The second-order valence-electron chi connectivity index (χ2n) is 5.24. The largest absolute Gasteiger partial charge is 0.300 e. The molecule has 4 bridgehead atoms. The molecule has 0 N–H and O–H groups in total. The Kier molecular flexibility index (Phi) is 2.12. The molecule has 2 heteroatoms. The molecule has 2 heterocycles. The van der Waals surface area contributed by atoms with E-state index in [2.05, 4.69) is 4.90 Å². The van der Waals surface area contributed by atoms with E-state index in [0.717, 1.165) is 37.1 Å². The van der Waals surface area contributed by atoms with Gasteiger partial charge in [-0.1, -0.05) is 0 Å². The zero-order valence-corrected chi connectivity index (χ0v) is 8.74. The summed E-state index contributed by atoms with van der Waals surface area (Å²) in [7, 11) is 0. The van der Waals surface area contributed by atoms with Gasteiger partial charge in [-0.05, 0) is 50.6 Å². The van der Waals surface area contributed by atoms with Crippen LogP contribution in [0, 0.1) is 11.8 Å². The molecule has 0 aromatic heterocycles. The van der Waals surface area contributed by atoms with E-state index >= 15 is 0 Å². The molecular weight excluding hydrogens is 174 g/mol. The second kappa shape index (κ2) is 3.34. The van der Waals surface area contributed by atoms with Crippen LogP contribution in [0.1, 0.15) is 38.5 Å². The second-order valence-corrected chi connectivity index (χ2v) is 5.24. The van der Waals surface area contributed by atoms with Crippen LogP contribution in [-0.4, -0.2) is 29.8 Å². The first-order chi connectivity index (χ1) is 6.84. The summed E-state index contributed by atoms with van der Waals surface area (Å²) in [6.45, 7) is 2.49. The number of carbonyl (C=O) groups is 1. The van der Waals surface area contributed by atoms with Crippen LogP contribution in [0.25, 0.3) is 0 Å². The maximum absolute atomic E-state index is 11.6. The molecule has 4 unspecified atom stereocenters. The molecule has 0 aromatic rings. The molecule has 0 amide bonds. The van der Waals surface area contributed by atoms with Gasteiger partial charge in [0.1, 0.15) is 5.78 Å². The quantitative estimate of drug-likeness (QED) is 0.585. The van der Waals surface area contributed by atoms with E-state index < -0.39 is 0 Å². The van der Waals surface area contributed by atoms with E-state index in [0.29, 0.717) is 5.78 Å². The third kappa shape index (κ3) is 1.31. The van der Waals surface area contributed by atoms with Gasteiger partial charge in [0, 0.05) is 18.9 Å². The molecule has 4 atom stereocenters. The summed E-state index contributed by atoms with van der Waals surface area (Å²) >= 11 is 0. The highest BCUT2D eigenvalue weighted by atomic mass is 16.1. The number of hydrogen-bond acceptors (Lipinski definition) is 2. The highest BCUT2D eigenvalue weighted by Gasteiger charge is 2.44. The van der Waals surface area contributed by atoms with Crippen LogP contribution in [0.2, 0.25) is 0 Å². The number of Topliss-reactive ketones (excluding diaryl/α,β-unsaturated/α-hetero) is 1. The number of carbonyl (C=O) groups excluding carboxylic acids is 1. The van der Waals surface area contributed by atoms with Crippen LogP contribution in [0.15, 0.2) is 0 Å². The van der Waals surface area contributed by atoms with Crippen molar-refractivity contribution >= 4 is 5.78 Å². The number of nitrogens with zero attached hydrogens (tertiary/aromatic N) is 1. The van der Waals surface area contributed by atoms with Crippen LogP contribution in [-0.2, 0) is 4.79 Å². The van der Waals surface area contributed by atoms with Crippen molar-refractivity contribution in [2.24, 2.45) is 11.8 Å². The van der Waals surface area contributed by atoms with Gasteiger partial charge in [0.05, 0.1) is 0 Å². The third-order valence-corrected chi connectivity index (χ3v) is 4.54. The van der Waals surface area contributed by atoms with Crippen LogP contribution >= 0.6 is 0 Å². The first kappa shape index (κ1) is 8.90. The van der Waals surface area contributed by atoms with Crippen LogP contribution in [0.3, 0.4) is 0 Å². The van der Waals surface area contributed by atoms with Crippen molar-refractivity contribution < 1.29 is 4.79 Å². The summed E-state index contributed by atoms with van der Waals surface area (Å²) in [5.41, 5.74) is 0. The molecule has 3 rings (SSSR count). The zero-order chi connectivity index (χ0) is 9.54. The molecule has 2 nitrogen and oxygen atoms in total. The van der Waals surface area contributed by atoms with Crippen molar-refractivity contribution in [1.29, 1.82) is 0 Å². The van der Waals surface area contributed by atoms with E-state index in [1.165, 1.54) is 32.4 Å². The minimum atomic E-state index is 0.532. The van der Waals surface area contributed by atoms with Crippen LogP contribution < -0.4 is 0 Å². The molecule has 1 saturated carbocycles. The normalized spacial score (nSPS) is 47.3. The Morgan fingerprint density at radius 2 is 2.07 bits per heavy atom. The zero-order valence-electron chi connectivity index (χ0n) is 8.74. The van der Waals surface area contributed by atoms with Crippen LogP contribution in [0.4, 0.5) is 0 Å². The first-order valence-corrected chi connectivity index (χ1v) is 6.10. The molecular formula is C12H19NO. The standard InChI is InChI=1S/C12H19NO/c14-10-2-1-6-13-7-5-11-9(8-10)3-4-12(11)13/h9,11-12H,1-8H2. The molecule has 2 saturated heterocycles. The topological polar surface area (TPSA) is 20.3 Å². The van der Waals surface area contributed by atoms with E-state index in [-0.39, 0.29) is 0 Å². The SMILES string of the molecule is O=C1CCCN2CCC3C(CCC32)C1. The average Bonchev–Trinajstić information content (AvgIpc) is 2.72. The highest BCUT2D eigenvalue weighted by molar-refractivity contribution is 5.78. The van der Waals surface area contributed by atoms with E-state index in [1.54, 1.807) is 0 Å². The Hall–Kier alpha value is -0.370. The van der Waals surface area contributed by atoms with Crippen molar-refractivity contribution in [3.05, 3.63) is 0 Å². The molecule has 0 spiro atoms. The summed E-state index contributed by atoms with van der Waals surface area (Å²) in [4.78, 5) is 14.3. The fraction of sp³-hybridized carbons (Fsp3) is 0.917. The van der Waals surface area contributed by atoms with Crippen molar-refractivity contribution in [2.75, 3.05) is 13.1 Å². The number of hydrogen-bond donors (Lipinski definition) is 0. The molecule has 0 radical (unpaired) electrons. The Bertz CT molecular complexity index is 251. The third-order valence-electron chi connectivity index (χ3n) is 4.54. The molecule has 0 aromatic carbocycles. The van der Waals surface area contributed by atoms with Crippen LogP contribution in [0.5, 0.6) is 0 Å². The van der Waals surface area contributed by atoms with Crippen molar-refractivity contribution in [3.8, 4) is 0 Å². The van der Waals surface area contributed by atoms with Gasteiger partial charge in [-0.25, -0.2) is 0 Å². The fourth-order valence-electron chi connectivity index (χ4n) is 3.89. The lowest BCUT2D eigenvalue weighted by molar-refractivity contribution is -0.120. The van der Waals surface area contributed by atoms with Gasteiger partial charge < -0.3 is 4.90 Å². The van der Waals surface area contributed by atoms with Gasteiger partial charge in [-0.2, -0.15) is 0 Å². The molecule has 14 heavy (non-hydrogen) atoms. The summed E-state index contributed by atoms with van der Waals surface area (Å²) in [5, 5.41) is 0. The number of rotatable bonds is 0. The van der Waals surface area contributed by atoms with Crippen molar-refractivity contribution in [3.63, 3.8) is 0 Å². The summed E-state index contributed by atoms with van der Waals surface area (Å²) in [5.74, 6) is 2.15. The predicted octanol–water partition coefficient (Wildman–Crippen LogP) is 1.84. The maximum atomic E-state index is 11.6. The minimum absolute atomic E-state index is 0.532. The van der Waals surface area contributed by atoms with Gasteiger partial charge in [0.25, 0.3) is 0 Å². The monoisotopic (exact) mass is 193 g/mol. The van der Waals surface area contributed by atoms with E-state index in [9.17, 15) is 4.79 Å². The van der Waals surface area contributed by atoms with Crippen molar-refractivity contribution in [1.82, 2.24) is 4.90 Å². The minimum Gasteiger partial charge on any atom is -0.300 e. The van der Waals surface area contributed by atoms with Gasteiger partial charge in [-0.15, -0.1) is 0 Å². The summed E-state index contributed by atoms with van der Waals surface area (Å²) in [6.07, 6.45) is 6.89. The van der Waals surface area contributed by atoms with Gasteiger partial charge in [0.2, 0.25) is 0 Å². The lowest BCUT2D eigenvalue weighted by Crippen LogP contribution is -2.31. The molecule has 78 valence electrons. The lowest BCUT2D eigenvalue weighted by atomic mass is 9.88. The van der Waals surface area contributed by atoms with Gasteiger partial charge >= 0.3 is 0 Å². The predicted molar refractivity (Wildman–Crippen MR) is 55.1 cm³/mol. The lowest BCUT2D eigenvalue weighted by Gasteiger charge is -2.22. The Morgan fingerprint density at radius 1 is 1.14 bits per heavy atom. The van der Waals surface area contributed by atoms with E-state index in [4.69, 9.17) is 0 Å². The Labute approximate surface area is 85.7 Å². The van der Waals surface area contributed by atoms with Gasteiger partial charge in [-0.3, -0.25) is 4.79 Å². The van der Waals surface area contributed by atoms with Gasteiger partial charge in [0.15, 0.2) is 0 Å². The Balaban J connectivity index is 1.84. The smallest absolute Gasteiger partial charge is 0.133 e. The fourth-order valence-corrected chi connectivity index (χ4v) is 3.89. The molecule has 2 aliphatic heterocycles. The highest BCUT2D eigenvalue weighted by Crippen LogP contribution is 2.44. The van der Waals surface area contributed by atoms with Crippen molar-refractivity contribution in [2.45, 2.75) is 44.6 Å². The van der Waals surface area contributed by atoms with E-state index in [1.807, 2.05) is 0 Å². The summed E-state index contributed by atoms with van der Waals surface area (Å²) in [6, 6.07) is 0.853. The maximum Gasteiger partial charge on any atom is 0.133 e. The average molecular weight is 193 g/mol. The molecule has 1 aliphatic carbocycles. The summed E-state index contributed by atoms with van der Waals surface area (Å²) < 4.78 is 0. The Morgan fingerprint density at radius 3 is 3.00 bits per heavy atom.